The number of hydrogen-bond acceptors (Lipinski definition) is 2. The molecule has 1 fully saturated rings. The number of methoxy groups -OCH3 is 1. The van der Waals surface area contributed by atoms with Gasteiger partial charge < -0.3 is 4.74 Å². The predicted molar refractivity (Wildman–Crippen MR) is 47.7 cm³/mol. The average Bonchev–Trinajstić information content (AvgIpc) is 2.78. The van der Waals surface area contributed by atoms with Crippen LogP contribution in [0.1, 0.15) is 33.1 Å². The minimum Gasteiger partial charge on any atom is -0.469 e. The van der Waals surface area contributed by atoms with E-state index in [4.69, 9.17) is 0 Å². The predicted octanol–water partition coefficient (Wildman–Crippen LogP) is 2.23. The van der Waals surface area contributed by atoms with Crippen LogP contribution in [0.5, 0.6) is 0 Å². The van der Waals surface area contributed by atoms with Crippen molar-refractivity contribution < 1.29 is 9.53 Å². The van der Waals surface area contributed by atoms with E-state index in [1.54, 1.807) is 0 Å². The van der Waals surface area contributed by atoms with Crippen LogP contribution in [0.3, 0.4) is 0 Å². The van der Waals surface area contributed by atoms with Crippen LogP contribution in [-0.2, 0) is 9.53 Å². The Morgan fingerprint density at radius 1 is 1.58 bits per heavy atom. The molecular weight excluding hydrogens is 152 g/mol. The van der Waals surface area contributed by atoms with Crippen molar-refractivity contribution in [2.24, 2.45) is 17.8 Å². The van der Waals surface area contributed by atoms with Crippen LogP contribution in [0.4, 0.5) is 0 Å². The molecule has 1 saturated carbocycles. The van der Waals surface area contributed by atoms with Crippen LogP contribution < -0.4 is 0 Å². The van der Waals surface area contributed by atoms with Gasteiger partial charge in [0.25, 0.3) is 0 Å². The molecule has 0 N–H and O–H groups in total. The molecule has 0 radical (unpaired) electrons. The molecule has 0 aromatic heterocycles. The number of rotatable bonds is 4. The van der Waals surface area contributed by atoms with Crippen LogP contribution in [-0.4, -0.2) is 13.1 Å². The van der Waals surface area contributed by atoms with Gasteiger partial charge in [-0.25, -0.2) is 0 Å². The molecule has 0 aromatic rings. The highest BCUT2D eigenvalue weighted by atomic mass is 16.5. The van der Waals surface area contributed by atoms with E-state index < -0.39 is 0 Å². The van der Waals surface area contributed by atoms with Gasteiger partial charge in [-0.3, -0.25) is 4.79 Å². The highest BCUT2D eigenvalue weighted by Crippen LogP contribution is 2.43. The maximum atomic E-state index is 11.0. The molecule has 1 rings (SSSR count). The monoisotopic (exact) mass is 170 g/mol. The van der Waals surface area contributed by atoms with Crippen molar-refractivity contribution in [3.8, 4) is 0 Å². The van der Waals surface area contributed by atoms with E-state index in [1.165, 1.54) is 20.0 Å². The smallest absolute Gasteiger partial charge is 0.308 e. The summed E-state index contributed by atoms with van der Waals surface area (Å²) in [6, 6.07) is 0. The fourth-order valence-corrected chi connectivity index (χ4v) is 1.55. The highest BCUT2D eigenvalue weighted by molar-refractivity contribution is 5.75. The molecule has 70 valence electrons. The number of carbonyl (C=O) groups excluding carboxylic acids is 1. The van der Waals surface area contributed by atoms with Crippen LogP contribution in [0, 0.1) is 17.8 Å². The molecule has 2 atom stereocenters. The van der Waals surface area contributed by atoms with Gasteiger partial charge in [-0.05, 0) is 24.7 Å². The van der Waals surface area contributed by atoms with E-state index in [0.717, 1.165) is 12.3 Å². The second-order valence-corrected chi connectivity index (χ2v) is 4.10. The van der Waals surface area contributed by atoms with Crippen molar-refractivity contribution in [2.75, 3.05) is 7.11 Å². The molecule has 2 unspecified atom stereocenters. The molecule has 12 heavy (non-hydrogen) atoms. The maximum Gasteiger partial charge on any atom is 0.308 e. The molecule has 1 aliphatic carbocycles. The maximum absolute atomic E-state index is 11.0. The van der Waals surface area contributed by atoms with E-state index in [2.05, 4.69) is 18.6 Å². The first kappa shape index (κ1) is 9.56. The molecule has 0 aromatic carbocycles. The first-order chi connectivity index (χ1) is 5.65. The molecule has 0 amide bonds. The summed E-state index contributed by atoms with van der Waals surface area (Å²) < 4.78 is 4.67. The Kier molecular flexibility index (Phi) is 3.12. The van der Waals surface area contributed by atoms with Crippen LogP contribution >= 0.6 is 0 Å². The quantitative estimate of drug-likeness (QED) is 0.605. The van der Waals surface area contributed by atoms with E-state index in [9.17, 15) is 4.79 Å². The first-order valence-corrected chi connectivity index (χ1v) is 4.73. The second kappa shape index (κ2) is 3.92. The number of ether oxygens (including phenoxy) is 1. The van der Waals surface area contributed by atoms with E-state index >= 15 is 0 Å². The van der Waals surface area contributed by atoms with E-state index in [0.29, 0.717) is 5.92 Å². The lowest BCUT2D eigenvalue weighted by atomic mass is 10.1. The molecule has 0 aliphatic heterocycles. The molecule has 1 aliphatic rings. The zero-order valence-corrected chi connectivity index (χ0v) is 8.17. The van der Waals surface area contributed by atoms with Crippen molar-refractivity contribution >= 4 is 5.97 Å². The SMILES string of the molecule is COC(=O)C1CC1CCC(C)C. The number of esters is 1. The van der Waals surface area contributed by atoms with Gasteiger partial charge in [-0.2, -0.15) is 0 Å². The summed E-state index contributed by atoms with van der Waals surface area (Å²) in [7, 11) is 1.47. The van der Waals surface area contributed by atoms with Crippen LogP contribution in [0.25, 0.3) is 0 Å². The summed E-state index contributed by atoms with van der Waals surface area (Å²) in [5.41, 5.74) is 0. The minimum atomic E-state index is -0.0104. The van der Waals surface area contributed by atoms with Gasteiger partial charge in [-0.1, -0.05) is 20.3 Å². The highest BCUT2D eigenvalue weighted by Gasteiger charge is 2.43. The Balaban J connectivity index is 2.12. The molecule has 2 nitrogen and oxygen atoms in total. The summed E-state index contributed by atoms with van der Waals surface area (Å²) in [4.78, 5) is 11.0. The molecule has 0 bridgehead atoms. The van der Waals surface area contributed by atoms with Gasteiger partial charge in [0.15, 0.2) is 0 Å². The normalized spacial score (nSPS) is 27.3. The van der Waals surface area contributed by atoms with Gasteiger partial charge >= 0.3 is 5.97 Å². The van der Waals surface area contributed by atoms with Gasteiger partial charge in [0.1, 0.15) is 0 Å². The number of hydrogen-bond donors (Lipinski definition) is 0. The van der Waals surface area contributed by atoms with Gasteiger partial charge in [0, 0.05) is 0 Å². The lowest BCUT2D eigenvalue weighted by molar-refractivity contribution is -0.142. The second-order valence-electron chi connectivity index (χ2n) is 4.10. The van der Waals surface area contributed by atoms with Gasteiger partial charge in [-0.15, -0.1) is 0 Å². The Hall–Kier alpha value is -0.530. The third kappa shape index (κ3) is 2.50. The minimum absolute atomic E-state index is 0.0104. The Bertz CT molecular complexity index is 163. The Morgan fingerprint density at radius 3 is 2.75 bits per heavy atom. The summed E-state index contributed by atoms with van der Waals surface area (Å²) in [6.07, 6.45) is 3.48. The summed E-state index contributed by atoms with van der Waals surface area (Å²) in [5, 5.41) is 0. The average molecular weight is 170 g/mol. The zero-order valence-electron chi connectivity index (χ0n) is 8.17. The van der Waals surface area contributed by atoms with Crippen molar-refractivity contribution in [3.63, 3.8) is 0 Å². The van der Waals surface area contributed by atoms with Crippen molar-refractivity contribution in [1.29, 1.82) is 0 Å². The van der Waals surface area contributed by atoms with Crippen molar-refractivity contribution in [3.05, 3.63) is 0 Å². The summed E-state index contributed by atoms with van der Waals surface area (Å²) in [5.74, 6) is 1.60. The number of carbonyl (C=O) groups is 1. The summed E-state index contributed by atoms with van der Waals surface area (Å²) in [6.45, 7) is 4.44. The molecule has 0 saturated heterocycles. The third-order valence-corrected chi connectivity index (χ3v) is 2.54. The topological polar surface area (TPSA) is 26.3 Å². The summed E-state index contributed by atoms with van der Waals surface area (Å²) >= 11 is 0. The lowest BCUT2D eigenvalue weighted by Crippen LogP contribution is -2.04. The van der Waals surface area contributed by atoms with E-state index in [-0.39, 0.29) is 11.9 Å². The lowest BCUT2D eigenvalue weighted by Gasteiger charge is -2.02. The molecule has 2 heteroatoms. The van der Waals surface area contributed by atoms with Gasteiger partial charge in [0.2, 0.25) is 0 Å². The molecule has 0 spiro atoms. The van der Waals surface area contributed by atoms with Crippen molar-refractivity contribution in [1.82, 2.24) is 0 Å². The largest absolute Gasteiger partial charge is 0.469 e. The van der Waals surface area contributed by atoms with Crippen LogP contribution in [0.15, 0.2) is 0 Å². The first-order valence-electron chi connectivity index (χ1n) is 4.73. The van der Waals surface area contributed by atoms with Gasteiger partial charge in [0.05, 0.1) is 13.0 Å². The van der Waals surface area contributed by atoms with Crippen LogP contribution in [0.2, 0.25) is 0 Å². The molecular formula is C10H18O2. The Labute approximate surface area is 74.3 Å². The fraction of sp³-hybridized carbons (Fsp3) is 0.900. The standard InChI is InChI=1S/C10H18O2/c1-7(2)4-5-8-6-9(8)10(11)12-3/h7-9H,4-6H2,1-3H3. The Morgan fingerprint density at radius 2 is 2.25 bits per heavy atom. The molecule has 0 heterocycles. The third-order valence-electron chi connectivity index (χ3n) is 2.54. The zero-order chi connectivity index (χ0) is 9.14. The van der Waals surface area contributed by atoms with E-state index in [1.807, 2.05) is 0 Å². The van der Waals surface area contributed by atoms with Crippen molar-refractivity contribution in [2.45, 2.75) is 33.1 Å². The fourth-order valence-electron chi connectivity index (χ4n) is 1.55.